The molecule has 0 fully saturated rings. The average Bonchev–Trinajstić information content (AvgIpc) is 2.53. The first-order valence-corrected chi connectivity index (χ1v) is 7.43. The molecule has 0 aromatic carbocycles. The Kier molecular flexibility index (Phi) is 7.90. The van der Waals surface area contributed by atoms with Crippen molar-refractivity contribution in [3.05, 3.63) is 47.0 Å². The van der Waals surface area contributed by atoms with Gasteiger partial charge >= 0.3 is 0 Å². The molecule has 2 aromatic rings. The largest absolute Gasteiger partial charge is 0.399 e. The third-order valence-corrected chi connectivity index (χ3v) is 3.05. The van der Waals surface area contributed by atoms with Crippen LogP contribution >= 0.6 is 23.2 Å². The van der Waals surface area contributed by atoms with E-state index in [1.165, 1.54) is 0 Å². The van der Waals surface area contributed by atoms with Gasteiger partial charge in [0.2, 0.25) is 0 Å². The molecule has 6 nitrogen and oxygen atoms in total. The quantitative estimate of drug-likeness (QED) is 0.628. The molecule has 2 aromatic heterocycles. The number of nitrogens with two attached hydrogens (primary N) is 2. The highest BCUT2D eigenvalue weighted by atomic mass is 35.5. The van der Waals surface area contributed by atoms with Crippen molar-refractivity contribution in [2.75, 3.05) is 11.5 Å². The molecule has 0 bridgehead atoms. The second-order valence-corrected chi connectivity index (χ2v) is 4.88. The number of nitrogen functional groups attached to an aromatic ring is 2. The summed E-state index contributed by atoms with van der Waals surface area (Å²) in [4.78, 5) is 8.02. The van der Waals surface area contributed by atoms with Gasteiger partial charge in [0.15, 0.2) is 0 Å². The highest BCUT2D eigenvalue weighted by Crippen LogP contribution is 2.11. The summed E-state index contributed by atoms with van der Waals surface area (Å²) in [5.41, 5.74) is 14.7. The van der Waals surface area contributed by atoms with Gasteiger partial charge in [-0.25, -0.2) is 0 Å². The van der Waals surface area contributed by atoms with E-state index in [2.05, 4.69) is 9.97 Å². The van der Waals surface area contributed by atoms with Crippen LogP contribution in [0.1, 0.15) is 22.8 Å². The molecule has 8 heteroatoms. The first kappa shape index (κ1) is 18.4. The zero-order valence-electron chi connectivity index (χ0n) is 11.8. The minimum Gasteiger partial charge on any atom is -0.399 e. The van der Waals surface area contributed by atoms with Gasteiger partial charge < -0.3 is 21.7 Å². The molecule has 120 valence electrons. The average molecular weight is 345 g/mol. The number of rotatable bonds is 4. The molecule has 0 spiro atoms. The Labute approximate surface area is 138 Å². The first-order valence-electron chi connectivity index (χ1n) is 6.36. The molecule has 0 saturated carbocycles. The summed E-state index contributed by atoms with van der Waals surface area (Å²) in [7, 11) is 0. The zero-order chi connectivity index (χ0) is 16.5. The second kappa shape index (κ2) is 9.42. The van der Waals surface area contributed by atoms with E-state index in [4.69, 9.17) is 44.9 Å². The highest BCUT2D eigenvalue weighted by Gasteiger charge is 1.98. The second-order valence-electron chi connectivity index (χ2n) is 4.35. The van der Waals surface area contributed by atoms with Crippen LogP contribution in [0.25, 0.3) is 0 Å². The van der Waals surface area contributed by atoms with Crippen LogP contribution in [0.3, 0.4) is 0 Å². The third-order valence-electron chi connectivity index (χ3n) is 2.51. The van der Waals surface area contributed by atoms with Crippen molar-refractivity contribution >= 4 is 34.6 Å². The monoisotopic (exact) mass is 344 g/mol. The summed E-state index contributed by atoms with van der Waals surface area (Å²) in [5, 5.41) is 17.4. The fourth-order valence-corrected chi connectivity index (χ4v) is 1.92. The Morgan fingerprint density at radius 3 is 1.36 bits per heavy atom. The number of aliphatic hydroxyl groups excluding tert-OH is 2. The lowest BCUT2D eigenvalue weighted by Crippen LogP contribution is -1.98. The molecule has 0 atom stereocenters. The smallest absolute Gasteiger partial charge is 0.0853 e. The Hall–Kier alpha value is -1.60. The Morgan fingerprint density at radius 2 is 1.05 bits per heavy atom. The lowest BCUT2D eigenvalue weighted by Gasteiger charge is -2.00. The van der Waals surface area contributed by atoms with Crippen molar-refractivity contribution in [3.63, 3.8) is 0 Å². The minimum atomic E-state index is -0.155. The van der Waals surface area contributed by atoms with Gasteiger partial charge in [0.05, 0.1) is 47.7 Å². The zero-order valence-corrected chi connectivity index (χ0v) is 13.3. The fourth-order valence-electron chi connectivity index (χ4n) is 1.65. The number of alkyl halides is 2. The van der Waals surface area contributed by atoms with E-state index in [9.17, 15) is 0 Å². The number of aromatic nitrogens is 2. The van der Waals surface area contributed by atoms with Gasteiger partial charge in [0.1, 0.15) is 0 Å². The SMILES string of the molecule is Nc1cc(CCl)nc(CCl)c1.Nc1cc(CO)nc(CO)c1. The molecule has 0 saturated heterocycles. The molecular formula is C14H18Cl2N4O2. The van der Waals surface area contributed by atoms with Crippen molar-refractivity contribution in [1.82, 2.24) is 9.97 Å². The van der Waals surface area contributed by atoms with Gasteiger partial charge in [-0.15, -0.1) is 23.2 Å². The van der Waals surface area contributed by atoms with E-state index in [-0.39, 0.29) is 13.2 Å². The summed E-state index contributed by atoms with van der Waals surface area (Å²) >= 11 is 11.1. The van der Waals surface area contributed by atoms with Crippen LogP contribution in [-0.2, 0) is 25.0 Å². The summed E-state index contributed by atoms with van der Waals surface area (Å²) < 4.78 is 0. The number of nitrogens with zero attached hydrogens (tertiary/aromatic N) is 2. The molecule has 0 aliphatic heterocycles. The van der Waals surface area contributed by atoms with E-state index in [1.807, 2.05) is 0 Å². The summed E-state index contributed by atoms with van der Waals surface area (Å²) in [6, 6.07) is 6.62. The molecule has 0 aliphatic rings. The fraction of sp³-hybridized carbons (Fsp3) is 0.286. The maximum absolute atomic E-state index is 8.68. The third kappa shape index (κ3) is 6.03. The van der Waals surface area contributed by atoms with E-state index >= 15 is 0 Å². The predicted molar refractivity (Wildman–Crippen MR) is 88.3 cm³/mol. The van der Waals surface area contributed by atoms with Gasteiger partial charge in [-0.2, -0.15) is 0 Å². The molecule has 2 rings (SSSR count). The lowest BCUT2D eigenvalue weighted by molar-refractivity contribution is 0.266. The van der Waals surface area contributed by atoms with E-state index < -0.39 is 0 Å². The molecule has 6 N–H and O–H groups in total. The molecule has 0 radical (unpaired) electrons. The maximum atomic E-state index is 8.68. The summed E-state index contributed by atoms with van der Waals surface area (Å²) in [6.45, 7) is -0.309. The number of hydrogen-bond acceptors (Lipinski definition) is 6. The first-order chi connectivity index (χ1) is 10.5. The number of pyridine rings is 2. The van der Waals surface area contributed by atoms with Crippen molar-refractivity contribution < 1.29 is 10.2 Å². The van der Waals surface area contributed by atoms with Crippen molar-refractivity contribution in [3.8, 4) is 0 Å². The standard InChI is InChI=1S/C7H8Cl2N2.C7H10N2O2/c8-3-6-1-5(10)2-7(4-9)11-6;8-5-1-6(3-10)9-7(2-5)4-11/h1-2H,3-4H2,(H2,10,11);1-2,10-11H,3-4H2,(H2,8,9). The normalized spacial score (nSPS) is 10.0. The molecule has 0 unspecified atom stereocenters. The molecule has 0 amide bonds. The van der Waals surface area contributed by atoms with Crippen LogP contribution in [0.4, 0.5) is 11.4 Å². The summed E-state index contributed by atoms with van der Waals surface area (Å²) in [6.07, 6.45) is 0. The van der Waals surface area contributed by atoms with E-state index in [0.29, 0.717) is 34.5 Å². The van der Waals surface area contributed by atoms with Crippen molar-refractivity contribution in [2.24, 2.45) is 0 Å². The Bertz CT molecular complexity index is 513. The Balaban J connectivity index is 0.000000220. The lowest BCUT2D eigenvalue weighted by atomic mass is 10.3. The number of anilines is 2. The van der Waals surface area contributed by atoms with Crippen molar-refractivity contribution in [2.45, 2.75) is 25.0 Å². The molecule has 0 aliphatic carbocycles. The minimum absolute atomic E-state index is 0.155. The van der Waals surface area contributed by atoms with Crippen LogP contribution < -0.4 is 11.5 Å². The van der Waals surface area contributed by atoms with Crippen LogP contribution in [0, 0.1) is 0 Å². The number of hydrogen-bond donors (Lipinski definition) is 4. The maximum Gasteiger partial charge on any atom is 0.0853 e. The number of halogens is 2. The molecular weight excluding hydrogens is 327 g/mol. The van der Waals surface area contributed by atoms with Gasteiger partial charge in [-0.3, -0.25) is 9.97 Å². The van der Waals surface area contributed by atoms with Crippen LogP contribution in [-0.4, -0.2) is 20.2 Å². The van der Waals surface area contributed by atoms with Gasteiger partial charge in [0.25, 0.3) is 0 Å². The van der Waals surface area contributed by atoms with Gasteiger partial charge in [-0.05, 0) is 24.3 Å². The Morgan fingerprint density at radius 1 is 0.727 bits per heavy atom. The topological polar surface area (TPSA) is 118 Å². The van der Waals surface area contributed by atoms with Gasteiger partial charge in [0, 0.05) is 11.4 Å². The highest BCUT2D eigenvalue weighted by molar-refractivity contribution is 6.17. The van der Waals surface area contributed by atoms with Gasteiger partial charge in [-0.1, -0.05) is 0 Å². The number of aliphatic hydroxyl groups is 2. The van der Waals surface area contributed by atoms with Crippen LogP contribution in [0.15, 0.2) is 24.3 Å². The van der Waals surface area contributed by atoms with E-state index in [1.54, 1.807) is 24.3 Å². The predicted octanol–water partition coefficient (Wildman–Crippen LogP) is 1.79. The summed E-state index contributed by atoms with van der Waals surface area (Å²) in [5.74, 6) is 0.740. The molecule has 2 heterocycles. The van der Waals surface area contributed by atoms with Crippen LogP contribution in [0.5, 0.6) is 0 Å². The molecule has 22 heavy (non-hydrogen) atoms. The van der Waals surface area contributed by atoms with Crippen LogP contribution in [0.2, 0.25) is 0 Å². The van der Waals surface area contributed by atoms with E-state index in [0.717, 1.165) is 11.4 Å². The van der Waals surface area contributed by atoms with Crippen molar-refractivity contribution in [1.29, 1.82) is 0 Å².